The van der Waals surface area contributed by atoms with Crippen molar-refractivity contribution in [2.45, 2.75) is 19.4 Å². The molecule has 0 aliphatic carbocycles. The normalized spacial score (nSPS) is 12.2. The van der Waals surface area contributed by atoms with Crippen molar-refractivity contribution in [2.24, 2.45) is 5.73 Å². The summed E-state index contributed by atoms with van der Waals surface area (Å²) in [6.45, 7) is 2.11. The highest BCUT2D eigenvalue weighted by atomic mass is 127. The average Bonchev–Trinajstić information content (AvgIpc) is 2.42. The van der Waals surface area contributed by atoms with Crippen LogP contribution in [0.1, 0.15) is 22.7 Å². The lowest BCUT2D eigenvalue weighted by Crippen LogP contribution is -2.15. The summed E-state index contributed by atoms with van der Waals surface area (Å²) in [4.78, 5) is 0. The maximum Gasteiger partial charge on any atom is 0.119 e. The van der Waals surface area contributed by atoms with Crippen molar-refractivity contribution in [2.75, 3.05) is 7.11 Å². The molecule has 0 spiro atoms. The van der Waals surface area contributed by atoms with E-state index in [0.29, 0.717) is 0 Å². The van der Waals surface area contributed by atoms with Crippen LogP contribution in [0, 0.1) is 10.5 Å². The molecule has 1 atom stereocenters. The minimum atomic E-state index is 0.0129. The Morgan fingerprint density at radius 1 is 1.21 bits per heavy atom. The van der Waals surface area contributed by atoms with E-state index >= 15 is 0 Å². The van der Waals surface area contributed by atoms with Gasteiger partial charge in [-0.2, -0.15) is 0 Å². The molecule has 0 amide bonds. The molecule has 0 fully saturated rings. The molecule has 0 aliphatic rings. The molecule has 0 heterocycles. The van der Waals surface area contributed by atoms with E-state index in [4.69, 9.17) is 10.5 Å². The smallest absolute Gasteiger partial charge is 0.119 e. The summed E-state index contributed by atoms with van der Waals surface area (Å²) in [6.07, 6.45) is 0.816. The van der Waals surface area contributed by atoms with Gasteiger partial charge in [0.1, 0.15) is 5.75 Å². The first kappa shape index (κ1) is 14.3. The number of methoxy groups -OCH3 is 1. The van der Waals surface area contributed by atoms with Gasteiger partial charge in [-0.1, -0.05) is 30.3 Å². The Morgan fingerprint density at radius 3 is 2.68 bits per heavy atom. The second-order valence-electron chi connectivity index (χ2n) is 4.64. The molecule has 0 aliphatic heterocycles. The zero-order valence-corrected chi connectivity index (χ0v) is 13.3. The lowest BCUT2D eigenvalue weighted by Gasteiger charge is -2.16. The average molecular weight is 367 g/mol. The fourth-order valence-electron chi connectivity index (χ4n) is 2.12. The fourth-order valence-corrected chi connectivity index (χ4v) is 2.88. The molecule has 0 saturated carbocycles. The summed E-state index contributed by atoms with van der Waals surface area (Å²) >= 11 is 2.37. The van der Waals surface area contributed by atoms with Crippen molar-refractivity contribution < 1.29 is 4.74 Å². The molecule has 100 valence electrons. The van der Waals surface area contributed by atoms with Gasteiger partial charge in [0.2, 0.25) is 0 Å². The second-order valence-corrected chi connectivity index (χ2v) is 5.72. The van der Waals surface area contributed by atoms with Crippen LogP contribution in [0.25, 0.3) is 0 Å². The van der Waals surface area contributed by atoms with Crippen molar-refractivity contribution in [3.63, 3.8) is 0 Å². The molecule has 0 aromatic heterocycles. The quantitative estimate of drug-likeness (QED) is 0.834. The Balaban J connectivity index is 2.20. The number of nitrogens with two attached hydrogens (primary N) is 1. The Labute approximate surface area is 128 Å². The molecular weight excluding hydrogens is 349 g/mol. The van der Waals surface area contributed by atoms with Gasteiger partial charge in [-0.15, -0.1) is 0 Å². The summed E-state index contributed by atoms with van der Waals surface area (Å²) in [6, 6.07) is 14.4. The zero-order chi connectivity index (χ0) is 13.8. The largest absolute Gasteiger partial charge is 0.497 e. The van der Waals surface area contributed by atoms with Gasteiger partial charge in [0.15, 0.2) is 0 Å². The van der Waals surface area contributed by atoms with Gasteiger partial charge >= 0.3 is 0 Å². The maximum atomic E-state index is 6.34. The SMILES string of the molecule is COc1cccc(CC(N)c2cccc(C)c2I)c1. The van der Waals surface area contributed by atoms with Gasteiger partial charge in [-0.3, -0.25) is 0 Å². The van der Waals surface area contributed by atoms with Crippen LogP contribution in [0.2, 0.25) is 0 Å². The Bertz CT molecular complexity index is 568. The van der Waals surface area contributed by atoms with E-state index in [1.807, 2.05) is 18.2 Å². The molecule has 0 saturated heterocycles. The number of hydrogen-bond acceptors (Lipinski definition) is 2. The second kappa shape index (κ2) is 6.39. The Morgan fingerprint density at radius 2 is 1.95 bits per heavy atom. The van der Waals surface area contributed by atoms with E-state index in [1.165, 1.54) is 20.3 Å². The topological polar surface area (TPSA) is 35.2 Å². The molecule has 2 nitrogen and oxygen atoms in total. The molecule has 19 heavy (non-hydrogen) atoms. The van der Waals surface area contributed by atoms with E-state index in [2.05, 4.69) is 53.8 Å². The Kier molecular flexibility index (Phi) is 4.82. The van der Waals surface area contributed by atoms with Crippen molar-refractivity contribution in [1.82, 2.24) is 0 Å². The summed E-state index contributed by atoms with van der Waals surface area (Å²) in [7, 11) is 1.68. The number of benzene rings is 2. The Hall–Kier alpha value is -1.07. The van der Waals surface area contributed by atoms with Crippen LogP contribution >= 0.6 is 22.6 Å². The molecule has 0 bridgehead atoms. The van der Waals surface area contributed by atoms with Gasteiger partial charge in [-0.05, 0) is 64.8 Å². The summed E-state index contributed by atoms with van der Waals surface area (Å²) in [5.74, 6) is 0.878. The maximum absolute atomic E-state index is 6.34. The first-order valence-electron chi connectivity index (χ1n) is 6.25. The standard InChI is InChI=1S/C16H18INO/c1-11-5-3-8-14(16(11)17)15(18)10-12-6-4-7-13(9-12)19-2/h3-9,15H,10,18H2,1-2H3. The van der Waals surface area contributed by atoms with Gasteiger partial charge in [-0.25, -0.2) is 0 Å². The van der Waals surface area contributed by atoms with E-state index < -0.39 is 0 Å². The molecule has 2 aromatic carbocycles. The van der Waals surface area contributed by atoms with Gasteiger partial charge in [0.25, 0.3) is 0 Å². The van der Waals surface area contributed by atoms with Crippen LogP contribution in [0.3, 0.4) is 0 Å². The van der Waals surface area contributed by atoms with Crippen LogP contribution in [0.15, 0.2) is 42.5 Å². The molecule has 2 aromatic rings. The lowest BCUT2D eigenvalue weighted by molar-refractivity contribution is 0.414. The number of hydrogen-bond donors (Lipinski definition) is 1. The molecule has 0 radical (unpaired) electrons. The van der Waals surface area contributed by atoms with Crippen LogP contribution in [0.5, 0.6) is 5.75 Å². The van der Waals surface area contributed by atoms with E-state index in [-0.39, 0.29) is 6.04 Å². The molecular formula is C16H18INO. The minimum Gasteiger partial charge on any atom is -0.497 e. The highest BCUT2D eigenvalue weighted by Crippen LogP contribution is 2.25. The number of rotatable bonds is 4. The first-order chi connectivity index (χ1) is 9.11. The third-order valence-electron chi connectivity index (χ3n) is 3.21. The van der Waals surface area contributed by atoms with Crippen molar-refractivity contribution in [3.05, 3.63) is 62.7 Å². The monoisotopic (exact) mass is 367 g/mol. The zero-order valence-electron chi connectivity index (χ0n) is 11.2. The predicted molar refractivity (Wildman–Crippen MR) is 87.5 cm³/mol. The first-order valence-corrected chi connectivity index (χ1v) is 7.33. The van der Waals surface area contributed by atoms with Gasteiger partial charge < -0.3 is 10.5 Å². The van der Waals surface area contributed by atoms with Crippen LogP contribution < -0.4 is 10.5 Å². The van der Waals surface area contributed by atoms with Crippen molar-refractivity contribution in [3.8, 4) is 5.75 Å². The third-order valence-corrected chi connectivity index (χ3v) is 4.68. The summed E-state index contributed by atoms with van der Waals surface area (Å²) in [5, 5.41) is 0. The number of halogens is 1. The van der Waals surface area contributed by atoms with Crippen LogP contribution in [-0.4, -0.2) is 7.11 Å². The molecule has 2 N–H and O–H groups in total. The van der Waals surface area contributed by atoms with E-state index in [9.17, 15) is 0 Å². The highest BCUT2D eigenvalue weighted by Gasteiger charge is 2.12. The molecule has 1 unspecified atom stereocenters. The van der Waals surface area contributed by atoms with E-state index in [0.717, 1.165) is 12.2 Å². The van der Waals surface area contributed by atoms with Crippen molar-refractivity contribution >= 4 is 22.6 Å². The van der Waals surface area contributed by atoms with E-state index in [1.54, 1.807) is 7.11 Å². The molecule has 3 heteroatoms. The van der Waals surface area contributed by atoms with Crippen molar-refractivity contribution in [1.29, 1.82) is 0 Å². The summed E-state index contributed by atoms with van der Waals surface area (Å²) in [5.41, 5.74) is 10.0. The lowest BCUT2D eigenvalue weighted by atomic mass is 9.98. The number of aryl methyl sites for hydroxylation is 1. The third kappa shape index (κ3) is 3.48. The number of ether oxygens (including phenoxy) is 1. The predicted octanol–water partition coefficient (Wildman–Crippen LogP) is 3.85. The fraction of sp³-hybridized carbons (Fsp3) is 0.250. The van der Waals surface area contributed by atoms with Crippen LogP contribution in [-0.2, 0) is 6.42 Å². The minimum absolute atomic E-state index is 0.0129. The highest BCUT2D eigenvalue weighted by molar-refractivity contribution is 14.1. The van der Waals surface area contributed by atoms with Gasteiger partial charge in [0, 0.05) is 9.61 Å². The summed E-state index contributed by atoms with van der Waals surface area (Å²) < 4.78 is 6.50. The van der Waals surface area contributed by atoms with Gasteiger partial charge in [0.05, 0.1) is 7.11 Å². The molecule has 2 rings (SSSR count). The van der Waals surface area contributed by atoms with Crippen LogP contribution in [0.4, 0.5) is 0 Å².